The Bertz CT molecular complexity index is 1430. The highest BCUT2D eigenvalue weighted by atomic mass is 19.1. The second-order valence-corrected chi connectivity index (χ2v) is 18.3. The lowest BCUT2D eigenvalue weighted by Gasteiger charge is -2.60. The maximum absolute atomic E-state index is 13.8. The Morgan fingerprint density at radius 2 is 1.71 bits per heavy atom. The minimum absolute atomic E-state index is 0.00438. The zero-order valence-corrected chi connectivity index (χ0v) is 29.4. The third-order valence-corrected chi connectivity index (χ3v) is 15.4. The highest BCUT2D eigenvalue weighted by Gasteiger charge is 2.80. The van der Waals surface area contributed by atoms with Crippen molar-refractivity contribution in [3.63, 3.8) is 0 Å². The summed E-state index contributed by atoms with van der Waals surface area (Å²) in [5.74, 6) is 0.511. The first-order valence-electron chi connectivity index (χ1n) is 18.7. The van der Waals surface area contributed by atoms with Crippen LogP contribution in [-0.4, -0.2) is 77.0 Å². The Hall–Kier alpha value is -1.65. The molecule has 2 aliphatic heterocycles. The van der Waals surface area contributed by atoms with Gasteiger partial charge in [0, 0.05) is 18.2 Å². The average Bonchev–Trinajstić information content (AvgIpc) is 3.60. The van der Waals surface area contributed by atoms with Crippen molar-refractivity contribution in [3.8, 4) is 0 Å². The molecule has 8 rings (SSSR count). The smallest absolute Gasteiger partial charge is 0.254 e. The molecule has 266 valence electrons. The summed E-state index contributed by atoms with van der Waals surface area (Å²) in [4.78, 5) is 14.8. The standard InChI is InChI=1S/C39H55F2NO6/c1-35(2)30-9-7-25-27-19-29-26(6-8-28(47-29)33(43)36(3,4)45)37(27,5)12-13-38(25)21-39(30,38)11-10-31(35)48-32-20-42(14-15-46-32)34(44)22-16-23(40)18-24(41)17-22/h16-18,25-33,43,45H,6-15,19-21H2,1-5H3/t25?,26?,27?,28?,29?,30?,31-,32?,33-,37?,38-,39?/m0/s1. The summed E-state index contributed by atoms with van der Waals surface area (Å²) in [6, 6.07) is 2.95. The van der Waals surface area contributed by atoms with Gasteiger partial charge in [-0.15, -0.1) is 0 Å². The third kappa shape index (κ3) is 4.91. The van der Waals surface area contributed by atoms with Crippen molar-refractivity contribution in [3.05, 3.63) is 35.4 Å². The molecular weight excluding hydrogens is 616 g/mol. The van der Waals surface area contributed by atoms with Crippen molar-refractivity contribution in [2.75, 3.05) is 19.7 Å². The molecule has 48 heavy (non-hydrogen) atoms. The van der Waals surface area contributed by atoms with Gasteiger partial charge in [0.1, 0.15) is 17.7 Å². The Morgan fingerprint density at radius 3 is 2.44 bits per heavy atom. The van der Waals surface area contributed by atoms with Gasteiger partial charge in [-0.25, -0.2) is 8.78 Å². The van der Waals surface area contributed by atoms with E-state index in [1.54, 1.807) is 18.7 Å². The zero-order chi connectivity index (χ0) is 34.0. The largest absolute Gasteiger partial charge is 0.388 e. The second kappa shape index (κ2) is 11.2. The van der Waals surface area contributed by atoms with Gasteiger partial charge < -0.3 is 29.3 Å². The van der Waals surface area contributed by atoms with Gasteiger partial charge in [-0.3, -0.25) is 4.79 Å². The van der Waals surface area contributed by atoms with E-state index in [2.05, 4.69) is 20.8 Å². The van der Waals surface area contributed by atoms with E-state index in [1.165, 1.54) is 32.1 Å². The molecule has 2 spiro atoms. The van der Waals surface area contributed by atoms with Gasteiger partial charge >= 0.3 is 0 Å². The number of amides is 1. The Kier molecular flexibility index (Phi) is 7.80. The second-order valence-electron chi connectivity index (χ2n) is 18.3. The predicted octanol–water partition coefficient (Wildman–Crippen LogP) is 6.49. The van der Waals surface area contributed by atoms with Gasteiger partial charge in [-0.05, 0) is 136 Å². The Morgan fingerprint density at radius 1 is 0.979 bits per heavy atom. The molecule has 9 heteroatoms. The number of carbonyl (C=O) groups is 1. The van der Waals surface area contributed by atoms with E-state index in [1.807, 2.05) is 0 Å². The first-order chi connectivity index (χ1) is 22.6. The summed E-state index contributed by atoms with van der Waals surface area (Å²) >= 11 is 0. The number of hydrogen-bond donors (Lipinski definition) is 2. The molecule has 5 aliphatic carbocycles. The van der Waals surface area contributed by atoms with Crippen LogP contribution in [0.1, 0.15) is 109 Å². The molecule has 0 bridgehead atoms. The van der Waals surface area contributed by atoms with Crippen molar-refractivity contribution in [1.29, 1.82) is 0 Å². The van der Waals surface area contributed by atoms with Gasteiger partial charge in [0.25, 0.3) is 5.91 Å². The highest BCUT2D eigenvalue weighted by Crippen LogP contribution is 2.87. The van der Waals surface area contributed by atoms with Crippen molar-refractivity contribution in [1.82, 2.24) is 4.90 Å². The van der Waals surface area contributed by atoms with Gasteiger partial charge in [-0.1, -0.05) is 20.8 Å². The van der Waals surface area contributed by atoms with E-state index in [0.717, 1.165) is 50.3 Å². The molecule has 1 aromatic carbocycles. The number of morpholine rings is 1. The Labute approximate surface area is 284 Å². The molecule has 7 aliphatic rings. The Balaban J connectivity index is 0.949. The van der Waals surface area contributed by atoms with Gasteiger partial charge in [0.15, 0.2) is 6.29 Å². The van der Waals surface area contributed by atoms with Gasteiger partial charge in [0.05, 0.1) is 37.1 Å². The number of nitrogens with zero attached hydrogens (tertiary/aromatic N) is 1. The number of ether oxygens (including phenoxy) is 3. The number of benzene rings is 1. The van der Waals surface area contributed by atoms with Crippen LogP contribution in [0.15, 0.2) is 18.2 Å². The molecule has 1 amide bonds. The number of rotatable bonds is 5. The normalized spacial score (nSPS) is 45.2. The average molecular weight is 672 g/mol. The molecule has 0 aromatic heterocycles. The predicted molar refractivity (Wildman–Crippen MR) is 175 cm³/mol. The minimum Gasteiger partial charge on any atom is -0.388 e. The fraction of sp³-hybridized carbons (Fsp3) is 0.821. The van der Waals surface area contributed by atoms with Crippen molar-refractivity contribution < 1.29 is 38.0 Å². The lowest BCUT2D eigenvalue weighted by atomic mass is 9.46. The molecule has 12 atom stereocenters. The monoisotopic (exact) mass is 671 g/mol. The van der Waals surface area contributed by atoms with Crippen LogP contribution in [-0.2, 0) is 14.2 Å². The number of halogens is 2. The summed E-state index contributed by atoms with van der Waals surface area (Å²) in [6.45, 7) is 11.6. The lowest BCUT2D eigenvalue weighted by molar-refractivity contribution is -0.241. The van der Waals surface area contributed by atoms with Crippen molar-refractivity contribution >= 4 is 5.91 Å². The maximum Gasteiger partial charge on any atom is 0.254 e. The van der Waals surface area contributed by atoms with Crippen molar-refractivity contribution in [2.45, 2.75) is 135 Å². The van der Waals surface area contributed by atoms with Crippen LogP contribution < -0.4 is 0 Å². The molecule has 5 saturated carbocycles. The van der Waals surface area contributed by atoms with Crippen LogP contribution in [0.5, 0.6) is 0 Å². The molecule has 0 radical (unpaired) electrons. The SMILES string of the molecule is CC12CC[C@@]34CC35CC[C@H](OC3CN(C(=O)c6cc(F)cc(F)c6)CCO3)C(C)(C)C5CCC4C1CC1OC([C@H](O)C(C)(C)O)CCC12. The van der Waals surface area contributed by atoms with E-state index in [-0.39, 0.29) is 41.3 Å². The number of aliphatic hydroxyl groups is 2. The fourth-order valence-corrected chi connectivity index (χ4v) is 13.1. The van der Waals surface area contributed by atoms with Gasteiger partial charge in [0.2, 0.25) is 0 Å². The maximum atomic E-state index is 13.8. The van der Waals surface area contributed by atoms with E-state index in [4.69, 9.17) is 14.2 Å². The van der Waals surface area contributed by atoms with E-state index >= 15 is 0 Å². The van der Waals surface area contributed by atoms with E-state index < -0.39 is 35.5 Å². The third-order valence-electron chi connectivity index (χ3n) is 15.4. The van der Waals surface area contributed by atoms with Crippen molar-refractivity contribution in [2.24, 2.45) is 45.3 Å². The first kappa shape index (κ1) is 33.5. The van der Waals surface area contributed by atoms with Crippen LogP contribution >= 0.6 is 0 Å². The summed E-state index contributed by atoms with van der Waals surface area (Å²) in [6.07, 6.45) is 9.82. The van der Waals surface area contributed by atoms with Crippen LogP contribution in [0.4, 0.5) is 8.78 Å². The minimum atomic E-state index is -1.17. The summed E-state index contributed by atoms with van der Waals surface area (Å²) in [7, 11) is 0. The number of aliphatic hydroxyl groups excluding tert-OH is 1. The highest BCUT2D eigenvalue weighted by molar-refractivity contribution is 5.94. The lowest BCUT2D eigenvalue weighted by Crippen LogP contribution is -2.56. The fourth-order valence-electron chi connectivity index (χ4n) is 13.1. The number of fused-ring (bicyclic) bond motifs is 4. The molecule has 7 fully saturated rings. The summed E-state index contributed by atoms with van der Waals surface area (Å²) < 4.78 is 47.1. The van der Waals surface area contributed by atoms with Crippen LogP contribution in [0.25, 0.3) is 0 Å². The molecular formula is C39H55F2NO6. The molecule has 2 heterocycles. The van der Waals surface area contributed by atoms with E-state index in [9.17, 15) is 23.8 Å². The molecule has 7 nitrogen and oxygen atoms in total. The number of hydrogen-bond acceptors (Lipinski definition) is 6. The topological polar surface area (TPSA) is 88.5 Å². The molecule has 2 saturated heterocycles. The van der Waals surface area contributed by atoms with E-state index in [0.29, 0.717) is 47.7 Å². The van der Waals surface area contributed by atoms with Crippen LogP contribution in [0.3, 0.4) is 0 Å². The van der Waals surface area contributed by atoms with Crippen LogP contribution in [0, 0.1) is 57.0 Å². The molecule has 9 unspecified atom stereocenters. The quantitative estimate of drug-likeness (QED) is 0.373. The molecule has 2 N–H and O–H groups in total. The summed E-state index contributed by atoms with van der Waals surface area (Å²) in [5.41, 5.74) is -0.196. The summed E-state index contributed by atoms with van der Waals surface area (Å²) in [5, 5.41) is 21.4. The van der Waals surface area contributed by atoms with Crippen LogP contribution in [0.2, 0.25) is 0 Å². The molecule has 1 aromatic rings. The first-order valence-corrected chi connectivity index (χ1v) is 18.7. The number of carbonyl (C=O) groups excluding carboxylic acids is 1. The zero-order valence-electron chi connectivity index (χ0n) is 29.4. The van der Waals surface area contributed by atoms with Gasteiger partial charge in [-0.2, -0.15) is 0 Å².